The van der Waals surface area contributed by atoms with Gasteiger partial charge in [-0.3, -0.25) is 4.79 Å². The van der Waals surface area contributed by atoms with Gasteiger partial charge in [-0.25, -0.2) is 0 Å². The van der Waals surface area contributed by atoms with Crippen molar-refractivity contribution in [3.05, 3.63) is 0 Å². The van der Waals surface area contributed by atoms with Crippen LogP contribution in [0.15, 0.2) is 0 Å². The van der Waals surface area contributed by atoms with E-state index in [9.17, 15) is 4.79 Å². The number of hydrogen-bond donors (Lipinski definition) is 0. The number of carbonyl (C=O) groups is 1. The minimum Gasteiger partial charge on any atom is -0.460 e. The summed E-state index contributed by atoms with van der Waals surface area (Å²) in [6.07, 6.45) is 15.0. The van der Waals surface area contributed by atoms with Gasteiger partial charge in [0.25, 0.3) is 0 Å². The molecular formula is C21H41BrO2. The molecule has 0 heterocycles. The van der Waals surface area contributed by atoms with E-state index in [2.05, 4.69) is 29.8 Å². The van der Waals surface area contributed by atoms with Gasteiger partial charge in [-0.15, -0.1) is 0 Å². The van der Waals surface area contributed by atoms with E-state index in [1.165, 1.54) is 57.8 Å². The number of alkyl halides is 1. The first-order valence-electron chi connectivity index (χ1n) is 10.1. The second kappa shape index (κ2) is 13.2. The van der Waals surface area contributed by atoms with Crippen LogP contribution in [-0.2, 0) is 9.53 Å². The average molecular weight is 405 g/mol. The minimum absolute atomic E-state index is 0.0490. The van der Waals surface area contributed by atoms with Crippen LogP contribution in [0.4, 0.5) is 0 Å². The maximum absolute atomic E-state index is 12.2. The zero-order valence-electron chi connectivity index (χ0n) is 16.9. The van der Waals surface area contributed by atoms with Crippen LogP contribution in [-0.4, -0.2) is 16.9 Å². The standard InChI is InChI=1S/C18H34O2.C3H7Br/c1-5-6-7-8-9-10-11-12-13-18(14-15-18)16(19)20-17(2,3)4;1-2-3-4/h5-15H2,1-4H3;2-3H2,1H3. The van der Waals surface area contributed by atoms with Crippen molar-refractivity contribution in [1.29, 1.82) is 0 Å². The minimum atomic E-state index is -0.341. The molecule has 2 nitrogen and oxygen atoms in total. The van der Waals surface area contributed by atoms with Gasteiger partial charge in [-0.2, -0.15) is 0 Å². The maximum atomic E-state index is 12.2. The molecule has 0 spiro atoms. The topological polar surface area (TPSA) is 26.3 Å². The number of halogens is 1. The van der Waals surface area contributed by atoms with Crippen molar-refractivity contribution in [3.8, 4) is 0 Å². The molecule has 1 aliphatic rings. The monoisotopic (exact) mass is 404 g/mol. The van der Waals surface area contributed by atoms with Crippen molar-refractivity contribution in [2.24, 2.45) is 5.41 Å². The van der Waals surface area contributed by atoms with Crippen molar-refractivity contribution < 1.29 is 9.53 Å². The van der Waals surface area contributed by atoms with Gasteiger partial charge in [0.05, 0.1) is 5.41 Å². The largest absolute Gasteiger partial charge is 0.460 e. The Hall–Kier alpha value is -0.0500. The van der Waals surface area contributed by atoms with E-state index in [0.717, 1.165) is 24.6 Å². The Morgan fingerprint density at radius 3 is 1.75 bits per heavy atom. The summed E-state index contributed by atoms with van der Waals surface area (Å²) in [6.45, 7) is 10.3. The highest BCUT2D eigenvalue weighted by Gasteiger charge is 2.51. The summed E-state index contributed by atoms with van der Waals surface area (Å²) in [4.78, 5) is 12.2. The van der Waals surface area contributed by atoms with Crippen molar-refractivity contribution in [1.82, 2.24) is 0 Å². The van der Waals surface area contributed by atoms with E-state index in [1.807, 2.05) is 20.8 Å². The van der Waals surface area contributed by atoms with E-state index in [1.54, 1.807) is 0 Å². The smallest absolute Gasteiger partial charge is 0.312 e. The molecule has 1 saturated carbocycles. The summed E-state index contributed by atoms with van der Waals surface area (Å²) in [5.41, 5.74) is -0.443. The molecule has 3 heteroatoms. The Bertz CT molecular complexity index is 314. The van der Waals surface area contributed by atoms with Crippen LogP contribution in [0.1, 0.15) is 112 Å². The van der Waals surface area contributed by atoms with Crippen LogP contribution >= 0.6 is 15.9 Å². The second-order valence-electron chi connectivity index (χ2n) is 8.20. The van der Waals surface area contributed by atoms with Crippen LogP contribution in [0.25, 0.3) is 0 Å². The molecule has 24 heavy (non-hydrogen) atoms. The van der Waals surface area contributed by atoms with Crippen molar-refractivity contribution >= 4 is 21.9 Å². The molecule has 1 fully saturated rings. The molecule has 0 unspecified atom stereocenters. The van der Waals surface area contributed by atoms with Crippen LogP contribution in [0.3, 0.4) is 0 Å². The second-order valence-corrected chi connectivity index (χ2v) is 8.99. The molecule has 0 radical (unpaired) electrons. The Morgan fingerprint density at radius 1 is 0.917 bits per heavy atom. The Kier molecular flexibility index (Phi) is 13.2. The van der Waals surface area contributed by atoms with Gasteiger partial charge in [0.2, 0.25) is 0 Å². The number of carbonyl (C=O) groups excluding carboxylic acids is 1. The Labute approximate surface area is 159 Å². The average Bonchev–Trinajstić information content (AvgIpc) is 3.30. The molecule has 0 aromatic carbocycles. The SMILES string of the molecule is CCCBr.CCCCCCCCCCC1(C(=O)OC(C)(C)C)CC1. The molecule has 1 aliphatic carbocycles. The summed E-state index contributed by atoms with van der Waals surface area (Å²) >= 11 is 3.25. The van der Waals surface area contributed by atoms with Crippen LogP contribution in [0.5, 0.6) is 0 Å². The highest BCUT2D eigenvalue weighted by Crippen LogP contribution is 2.51. The first-order chi connectivity index (χ1) is 11.3. The van der Waals surface area contributed by atoms with Gasteiger partial charge in [0, 0.05) is 5.33 Å². The van der Waals surface area contributed by atoms with Crippen molar-refractivity contribution in [2.45, 2.75) is 117 Å². The third-order valence-electron chi connectivity index (χ3n) is 4.38. The maximum Gasteiger partial charge on any atom is 0.312 e. The van der Waals surface area contributed by atoms with Gasteiger partial charge in [-0.05, 0) is 46.5 Å². The van der Waals surface area contributed by atoms with Crippen molar-refractivity contribution in [3.63, 3.8) is 0 Å². The lowest BCUT2D eigenvalue weighted by Gasteiger charge is -2.23. The number of rotatable bonds is 11. The molecule has 0 atom stereocenters. The lowest BCUT2D eigenvalue weighted by atomic mass is 9.97. The van der Waals surface area contributed by atoms with E-state index < -0.39 is 0 Å². The Morgan fingerprint density at radius 2 is 1.38 bits per heavy atom. The summed E-state index contributed by atoms with van der Waals surface area (Å²) < 4.78 is 5.55. The summed E-state index contributed by atoms with van der Waals surface area (Å²) in [5.74, 6) is 0.0490. The van der Waals surface area contributed by atoms with Crippen LogP contribution in [0.2, 0.25) is 0 Å². The van der Waals surface area contributed by atoms with E-state index in [-0.39, 0.29) is 17.0 Å². The zero-order valence-corrected chi connectivity index (χ0v) is 18.5. The highest BCUT2D eigenvalue weighted by molar-refractivity contribution is 9.09. The molecule has 144 valence electrons. The summed E-state index contributed by atoms with van der Waals surface area (Å²) in [6, 6.07) is 0. The van der Waals surface area contributed by atoms with E-state index >= 15 is 0 Å². The molecule has 0 bridgehead atoms. The Balaban J connectivity index is 0.00000118. The fourth-order valence-corrected chi connectivity index (χ4v) is 2.69. The zero-order chi connectivity index (χ0) is 18.5. The fraction of sp³-hybridized carbons (Fsp3) is 0.952. The molecule has 0 aromatic heterocycles. The van der Waals surface area contributed by atoms with Crippen LogP contribution in [0, 0.1) is 5.41 Å². The number of unbranched alkanes of at least 4 members (excludes halogenated alkanes) is 7. The molecule has 0 aliphatic heterocycles. The van der Waals surface area contributed by atoms with Crippen LogP contribution < -0.4 is 0 Å². The lowest BCUT2D eigenvalue weighted by molar-refractivity contribution is -0.162. The number of ether oxygens (including phenoxy) is 1. The first-order valence-corrected chi connectivity index (χ1v) is 11.2. The van der Waals surface area contributed by atoms with E-state index in [0.29, 0.717) is 0 Å². The van der Waals surface area contributed by atoms with Gasteiger partial charge in [0.15, 0.2) is 0 Å². The van der Waals surface area contributed by atoms with Gasteiger partial charge >= 0.3 is 5.97 Å². The predicted octanol–water partition coefficient (Wildman–Crippen LogP) is 7.43. The van der Waals surface area contributed by atoms with Crippen molar-refractivity contribution in [2.75, 3.05) is 5.33 Å². The predicted molar refractivity (Wildman–Crippen MR) is 109 cm³/mol. The lowest BCUT2D eigenvalue weighted by Crippen LogP contribution is -2.29. The molecule has 0 N–H and O–H groups in total. The molecule has 0 amide bonds. The molecule has 0 aromatic rings. The molecule has 1 rings (SSSR count). The molecular weight excluding hydrogens is 364 g/mol. The van der Waals surface area contributed by atoms with Gasteiger partial charge in [0.1, 0.15) is 5.60 Å². The quantitative estimate of drug-likeness (QED) is 0.203. The normalized spacial score (nSPS) is 15.4. The number of hydrogen-bond acceptors (Lipinski definition) is 2. The third kappa shape index (κ3) is 12.3. The highest BCUT2D eigenvalue weighted by atomic mass is 79.9. The first kappa shape index (κ1) is 23.9. The molecule has 0 saturated heterocycles. The van der Waals surface area contributed by atoms with Gasteiger partial charge < -0.3 is 4.74 Å². The van der Waals surface area contributed by atoms with E-state index in [4.69, 9.17) is 4.74 Å². The summed E-state index contributed by atoms with van der Waals surface area (Å²) in [5, 5.41) is 1.13. The summed E-state index contributed by atoms with van der Waals surface area (Å²) in [7, 11) is 0. The third-order valence-corrected chi connectivity index (χ3v) is 5.18. The van der Waals surface area contributed by atoms with Gasteiger partial charge in [-0.1, -0.05) is 81.1 Å². The number of esters is 1. The fourth-order valence-electron chi connectivity index (χ4n) is 2.69.